The van der Waals surface area contributed by atoms with Crippen molar-refractivity contribution in [3.63, 3.8) is 0 Å². The van der Waals surface area contributed by atoms with Crippen LogP contribution in [0.2, 0.25) is 0 Å². The third-order valence-corrected chi connectivity index (χ3v) is 2.98. The number of hydrogen-bond acceptors (Lipinski definition) is 7. The largest absolute Gasteiger partial charge is 0.481 e. The summed E-state index contributed by atoms with van der Waals surface area (Å²) in [5, 5.41) is 3.87. The predicted octanol–water partition coefficient (Wildman–Crippen LogP) is 2.85. The van der Waals surface area contributed by atoms with Crippen LogP contribution < -0.4 is 9.47 Å². The maximum Gasteiger partial charge on any atom is 0.272 e. The molecule has 124 valence electrons. The van der Waals surface area contributed by atoms with Crippen molar-refractivity contribution in [2.75, 3.05) is 13.7 Å². The Morgan fingerprint density at radius 3 is 2.88 bits per heavy atom. The highest BCUT2D eigenvalue weighted by molar-refractivity contribution is 5.63. The van der Waals surface area contributed by atoms with E-state index in [2.05, 4.69) is 20.1 Å². The van der Waals surface area contributed by atoms with Crippen LogP contribution in [-0.2, 0) is 0 Å². The number of ether oxygens (including phenoxy) is 2. The van der Waals surface area contributed by atoms with Crippen molar-refractivity contribution in [2.45, 2.75) is 6.43 Å². The van der Waals surface area contributed by atoms with Gasteiger partial charge in [-0.1, -0.05) is 5.16 Å². The van der Waals surface area contributed by atoms with Crippen LogP contribution in [0.3, 0.4) is 0 Å². The smallest absolute Gasteiger partial charge is 0.272 e. The van der Waals surface area contributed by atoms with Gasteiger partial charge in [-0.2, -0.15) is 4.98 Å². The van der Waals surface area contributed by atoms with Gasteiger partial charge in [0.2, 0.25) is 17.6 Å². The minimum Gasteiger partial charge on any atom is -0.481 e. The molecule has 9 heteroatoms. The van der Waals surface area contributed by atoms with Gasteiger partial charge in [-0.05, 0) is 18.2 Å². The summed E-state index contributed by atoms with van der Waals surface area (Å²) in [5.74, 6) is 0.814. The average molecular weight is 334 g/mol. The van der Waals surface area contributed by atoms with Gasteiger partial charge in [-0.15, -0.1) is 0 Å². The summed E-state index contributed by atoms with van der Waals surface area (Å²) in [6, 6.07) is 6.54. The Balaban J connectivity index is 1.90. The summed E-state index contributed by atoms with van der Waals surface area (Å²) in [4.78, 5) is 12.2. The molecule has 0 aromatic carbocycles. The van der Waals surface area contributed by atoms with Crippen LogP contribution in [0.4, 0.5) is 8.78 Å². The summed E-state index contributed by atoms with van der Waals surface area (Å²) < 4.78 is 39.9. The van der Waals surface area contributed by atoms with Gasteiger partial charge in [0.1, 0.15) is 5.56 Å². The molecule has 0 aliphatic carbocycles. The lowest BCUT2D eigenvalue weighted by molar-refractivity contribution is 0.0798. The van der Waals surface area contributed by atoms with Crippen LogP contribution in [0.1, 0.15) is 0 Å². The monoisotopic (exact) mass is 334 g/mol. The molecular formula is C15H12F2N4O3. The van der Waals surface area contributed by atoms with Crippen molar-refractivity contribution >= 4 is 0 Å². The van der Waals surface area contributed by atoms with Crippen molar-refractivity contribution in [2.24, 2.45) is 0 Å². The Kier molecular flexibility index (Phi) is 4.59. The van der Waals surface area contributed by atoms with Crippen LogP contribution in [0, 0.1) is 0 Å². The average Bonchev–Trinajstić information content (AvgIpc) is 3.10. The van der Waals surface area contributed by atoms with E-state index in [4.69, 9.17) is 14.0 Å². The lowest BCUT2D eigenvalue weighted by atomic mass is 10.2. The Hall–Kier alpha value is -3.10. The molecule has 3 aromatic heterocycles. The van der Waals surface area contributed by atoms with E-state index in [0.29, 0.717) is 22.8 Å². The normalized spacial score (nSPS) is 10.8. The van der Waals surface area contributed by atoms with E-state index in [1.807, 2.05) is 0 Å². The summed E-state index contributed by atoms with van der Waals surface area (Å²) in [7, 11) is 1.50. The molecule has 7 nitrogen and oxygen atoms in total. The lowest BCUT2D eigenvalue weighted by Gasteiger charge is -2.06. The molecule has 0 radical (unpaired) electrons. The SMILES string of the molecule is COc1cc(-c2noc(-c3cccnc3OCC(F)F)n2)ccn1. The molecule has 3 aromatic rings. The Morgan fingerprint density at radius 2 is 2.08 bits per heavy atom. The first kappa shape index (κ1) is 15.8. The summed E-state index contributed by atoms with van der Waals surface area (Å²) >= 11 is 0. The number of pyridine rings is 2. The van der Waals surface area contributed by atoms with E-state index in [9.17, 15) is 8.78 Å². The van der Waals surface area contributed by atoms with Crippen molar-refractivity contribution in [3.05, 3.63) is 36.7 Å². The van der Waals surface area contributed by atoms with E-state index >= 15 is 0 Å². The molecule has 3 heterocycles. The highest BCUT2D eigenvalue weighted by Crippen LogP contribution is 2.29. The number of methoxy groups -OCH3 is 1. The third kappa shape index (κ3) is 3.45. The van der Waals surface area contributed by atoms with Gasteiger partial charge < -0.3 is 14.0 Å². The molecule has 0 aliphatic heterocycles. The maximum absolute atomic E-state index is 12.3. The maximum atomic E-state index is 12.3. The fourth-order valence-corrected chi connectivity index (χ4v) is 1.92. The summed E-state index contributed by atoms with van der Waals surface area (Å²) in [6.45, 7) is -0.771. The minimum absolute atomic E-state index is 0.000286. The number of rotatable bonds is 6. The predicted molar refractivity (Wildman–Crippen MR) is 78.8 cm³/mol. The Labute approximate surface area is 135 Å². The second-order valence-electron chi connectivity index (χ2n) is 4.57. The van der Waals surface area contributed by atoms with E-state index in [0.717, 1.165) is 0 Å². The van der Waals surface area contributed by atoms with E-state index in [1.165, 1.54) is 13.3 Å². The Morgan fingerprint density at radius 1 is 1.21 bits per heavy atom. The number of alkyl halides is 2. The van der Waals surface area contributed by atoms with Crippen LogP contribution in [0.5, 0.6) is 11.8 Å². The minimum atomic E-state index is -2.61. The molecule has 0 unspecified atom stereocenters. The summed E-state index contributed by atoms with van der Waals surface area (Å²) in [6.07, 6.45) is 0.364. The van der Waals surface area contributed by atoms with E-state index in [1.54, 1.807) is 30.5 Å². The first-order chi connectivity index (χ1) is 11.7. The zero-order chi connectivity index (χ0) is 16.9. The quantitative estimate of drug-likeness (QED) is 0.685. The molecule has 3 rings (SSSR count). The molecule has 0 spiro atoms. The van der Waals surface area contributed by atoms with Gasteiger partial charge in [-0.3, -0.25) is 0 Å². The second-order valence-corrected chi connectivity index (χ2v) is 4.57. The zero-order valence-corrected chi connectivity index (χ0v) is 12.5. The zero-order valence-electron chi connectivity index (χ0n) is 12.5. The number of halogens is 2. The molecular weight excluding hydrogens is 322 g/mol. The number of hydrogen-bond donors (Lipinski definition) is 0. The van der Waals surface area contributed by atoms with Crippen LogP contribution in [-0.4, -0.2) is 40.3 Å². The lowest BCUT2D eigenvalue weighted by Crippen LogP contribution is -2.08. The number of nitrogens with zero attached hydrogens (tertiary/aromatic N) is 4. The van der Waals surface area contributed by atoms with Gasteiger partial charge in [0.25, 0.3) is 12.3 Å². The first-order valence-electron chi connectivity index (χ1n) is 6.88. The van der Waals surface area contributed by atoms with Crippen molar-refractivity contribution in [3.8, 4) is 34.6 Å². The molecule has 0 saturated heterocycles. The fourth-order valence-electron chi connectivity index (χ4n) is 1.92. The molecule has 0 amide bonds. The van der Waals surface area contributed by atoms with Gasteiger partial charge >= 0.3 is 0 Å². The fraction of sp³-hybridized carbons (Fsp3) is 0.200. The van der Waals surface area contributed by atoms with E-state index < -0.39 is 13.0 Å². The Bertz CT molecular complexity index is 826. The topological polar surface area (TPSA) is 83.2 Å². The molecule has 0 saturated carbocycles. The highest BCUT2D eigenvalue weighted by atomic mass is 19.3. The molecule has 24 heavy (non-hydrogen) atoms. The van der Waals surface area contributed by atoms with Crippen molar-refractivity contribution in [1.29, 1.82) is 0 Å². The standard InChI is InChI=1S/C15H12F2N4O3/c1-22-12-7-9(4-6-18-12)13-20-15(24-21-13)10-3-2-5-19-14(10)23-8-11(16)17/h2-7,11H,8H2,1H3. The molecule has 0 bridgehead atoms. The first-order valence-corrected chi connectivity index (χ1v) is 6.88. The van der Waals surface area contributed by atoms with Crippen LogP contribution in [0.25, 0.3) is 22.8 Å². The van der Waals surface area contributed by atoms with E-state index in [-0.39, 0.29) is 11.8 Å². The highest BCUT2D eigenvalue weighted by Gasteiger charge is 2.17. The van der Waals surface area contributed by atoms with Crippen LogP contribution in [0.15, 0.2) is 41.2 Å². The van der Waals surface area contributed by atoms with Crippen molar-refractivity contribution in [1.82, 2.24) is 20.1 Å². The molecule has 0 atom stereocenters. The summed E-state index contributed by atoms with van der Waals surface area (Å²) in [5.41, 5.74) is 0.966. The molecule has 0 fully saturated rings. The second kappa shape index (κ2) is 6.99. The molecule has 0 aliphatic rings. The third-order valence-electron chi connectivity index (χ3n) is 2.98. The van der Waals surface area contributed by atoms with Crippen molar-refractivity contribution < 1.29 is 22.8 Å². The molecule has 0 N–H and O–H groups in total. The van der Waals surface area contributed by atoms with Gasteiger partial charge in [0.05, 0.1) is 7.11 Å². The van der Waals surface area contributed by atoms with Crippen LogP contribution >= 0.6 is 0 Å². The van der Waals surface area contributed by atoms with Gasteiger partial charge in [0.15, 0.2) is 6.61 Å². The van der Waals surface area contributed by atoms with Gasteiger partial charge in [-0.25, -0.2) is 18.7 Å². The van der Waals surface area contributed by atoms with Gasteiger partial charge in [0, 0.05) is 24.0 Å². The number of aromatic nitrogens is 4.